The molecular weight excluding hydrogens is 345 g/mol. The van der Waals surface area contributed by atoms with Gasteiger partial charge in [0.2, 0.25) is 5.91 Å². The summed E-state index contributed by atoms with van der Waals surface area (Å²) in [6.45, 7) is 0.573. The highest BCUT2D eigenvalue weighted by atomic mass is 19.1. The molecule has 27 heavy (non-hydrogen) atoms. The van der Waals surface area contributed by atoms with E-state index in [2.05, 4.69) is 4.98 Å². The lowest BCUT2D eigenvalue weighted by Crippen LogP contribution is -2.29. The summed E-state index contributed by atoms with van der Waals surface area (Å²) in [5.74, 6) is -0.439. The van der Waals surface area contributed by atoms with Crippen molar-refractivity contribution < 1.29 is 9.18 Å². The SMILES string of the molecule is O=C1C(Cc2ccc(F)cc2)CCN1c1ccn(-c2ccncc2)c(=O)c1. The number of rotatable bonds is 4. The van der Waals surface area contributed by atoms with Crippen molar-refractivity contribution in [3.8, 4) is 5.69 Å². The first-order valence-corrected chi connectivity index (χ1v) is 8.81. The Bertz CT molecular complexity index is 1020. The second-order valence-corrected chi connectivity index (χ2v) is 6.60. The van der Waals surface area contributed by atoms with Gasteiger partial charge in [0.15, 0.2) is 0 Å². The fraction of sp³-hybridized carbons (Fsp3) is 0.190. The average molecular weight is 363 g/mol. The van der Waals surface area contributed by atoms with Crippen LogP contribution in [0.3, 0.4) is 0 Å². The molecule has 3 aromatic rings. The molecule has 1 unspecified atom stereocenters. The predicted octanol–water partition coefficient (Wildman–Crippen LogP) is 2.97. The summed E-state index contributed by atoms with van der Waals surface area (Å²) in [5, 5.41) is 0. The Balaban J connectivity index is 1.52. The second kappa shape index (κ2) is 7.15. The van der Waals surface area contributed by atoms with Gasteiger partial charge in [-0.25, -0.2) is 4.39 Å². The van der Waals surface area contributed by atoms with Gasteiger partial charge in [-0.05, 0) is 48.7 Å². The van der Waals surface area contributed by atoms with E-state index in [0.717, 1.165) is 11.3 Å². The Morgan fingerprint density at radius 3 is 2.44 bits per heavy atom. The molecule has 1 aliphatic heterocycles. The molecule has 0 aliphatic carbocycles. The zero-order chi connectivity index (χ0) is 18.8. The molecule has 1 saturated heterocycles. The molecule has 0 spiro atoms. The van der Waals surface area contributed by atoms with Crippen LogP contribution in [0.2, 0.25) is 0 Å². The van der Waals surface area contributed by atoms with Crippen LogP contribution in [0.1, 0.15) is 12.0 Å². The van der Waals surface area contributed by atoms with E-state index in [1.807, 2.05) is 0 Å². The van der Waals surface area contributed by atoms with E-state index >= 15 is 0 Å². The van der Waals surface area contributed by atoms with Crippen molar-refractivity contribution in [1.29, 1.82) is 0 Å². The first-order chi connectivity index (χ1) is 13.1. The fourth-order valence-corrected chi connectivity index (χ4v) is 3.44. The van der Waals surface area contributed by atoms with Gasteiger partial charge >= 0.3 is 0 Å². The maximum atomic E-state index is 13.0. The Kier molecular flexibility index (Phi) is 4.54. The van der Waals surface area contributed by atoms with Gasteiger partial charge in [-0.2, -0.15) is 0 Å². The highest BCUT2D eigenvalue weighted by molar-refractivity contribution is 5.97. The summed E-state index contributed by atoms with van der Waals surface area (Å²) in [7, 11) is 0. The maximum absolute atomic E-state index is 13.0. The van der Waals surface area contributed by atoms with Crippen LogP contribution in [0.15, 0.2) is 71.9 Å². The lowest BCUT2D eigenvalue weighted by atomic mass is 9.98. The van der Waals surface area contributed by atoms with Gasteiger partial charge in [0.1, 0.15) is 5.82 Å². The van der Waals surface area contributed by atoms with Crippen molar-refractivity contribution in [2.24, 2.45) is 5.92 Å². The summed E-state index contributed by atoms with van der Waals surface area (Å²) in [6, 6.07) is 13.0. The largest absolute Gasteiger partial charge is 0.312 e. The standard InChI is InChI=1S/C21H18FN3O2/c22-17-3-1-15(2-4-17)13-16-7-11-25(21(16)27)19-8-12-24(20(26)14-19)18-5-9-23-10-6-18/h1-6,8-10,12,14,16H,7,11,13H2. The maximum Gasteiger partial charge on any atom is 0.257 e. The number of amides is 1. The normalized spacial score (nSPS) is 16.7. The van der Waals surface area contributed by atoms with Crippen LogP contribution in [0, 0.1) is 11.7 Å². The summed E-state index contributed by atoms with van der Waals surface area (Å²) in [6.07, 6.45) is 6.21. The lowest BCUT2D eigenvalue weighted by Gasteiger charge is -2.17. The third-order valence-electron chi connectivity index (χ3n) is 4.87. The number of aromatic nitrogens is 2. The van der Waals surface area contributed by atoms with E-state index in [1.54, 1.807) is 53.8 Å². The minimum atomic E-state index is -0.284. The van der Waals surface area contributed by atoms with Crippen molar-refractivity contribution in [3.05, 3.63) is 88.9 Å². The van der Waals surface area contributed by atoms with Crippen molar-refractivity contribution in [2.45, 2.75) is 12.8 Å². The predicted molar refractivity (Wildman–Crippen MR) is 100 cm³/mol. The monoisotopic (exact) mass is 363 g/mol. The van der Waals surface area contributed by atoms with E-state index in [-0.39, 0.29) is 23.2 Å². The van der Waals surface area contributed by atoms with E-state index < -0.39 is 0 Å². The third-order valence-corrected chi connectivity index (χ3v) is 4.87. The number of anilines is 1. The Hall–Kier alpha value is -3.28. The van der Waals surface area contributed by atoms with Crippen molar-refractivity contribution in [3.63, 3.8) is 0 Å². The van der Waals surface area contributed by atoms with Crippen LogP contribution in [0.5, 0.6) is 0 Å². The molecular formula is C21H18FN3O2. The van der Waals surface area contributed by atoms with Crippen LogP contribution >= 0.6 is 0 Å². The van der Waals surface area contributed by atoms with Gasteiger partial charge in [-0.1, -0.05) is 12.1 Å². The number of benzene rings is 1. The van der Waals surface area contributed by atoms with Gasteiger partial charge in [-0.3, -0.25) is 19.1 Å². The molecule has 5 nitrogen and oxygen atoms in total. The zero-order valence-corrected chi connectivity index (χ0v) is 14.6. The van der Waals surface area contributed by atoms with Crippen LogP contribution < -0.4 is 10.5 Å². The molecule has 1 aromatic carbocycles. The number of halogens is 1. The molecule has 1 amide bonds. The molecule has 4 rings (SSSR count). The molecule has 0 saturated carbocycles. The molecule has 0 bridgehead atoms. The number of pyridine rings is 2. The quantitative estimate of drug-likeness (QED) is 0.716. The molecule has 136 valence electrons. The smallest absolute Gasteiger partial charge is 0.257 e. The molecule has 1 aliphatic rings. The summed E-state index contributed by atoms with van der Waals surface area (Å²) in [5.41, 5.74) is 2.07. The number of carbonyl (C=O) groups is 1. The second-order valence-electron chi connectivity index (χ2n) is 6.60. The molecule has 0 radical (unpaired) electrons. The van der Waals surface area contributed by atoms with Crippen LogP contribution in [-0.2, 0) is 11.2 Å². The van der Waals surface area contributed by atoms with Crippen molar-refractivity contribution in [2.75, 3.05) is 11.4 Å². The third kappa shape index (κ3) is 3.51. The van der Waals surface area contributed by atoms with E-state index in [9.17, 15) is 14.0 Å². The van der Waals surface area contributed by atoms with Gasteiger partial charge in [-0.15, -0.1) is 0 Å². The summed E-state index contributed by atoms with van der Waals surface area (Å²) < 4.78 is 14.6. The Morgan fingerprint density at radius 2 is 1.74 bits per heavy atom. The summed E-state index contributed by atoms with van der Waals surface area (Å²) in [4.78, 5) is 30.9. The highest BCUT2D eigenvalue weighted by Crippen LogP contribution is 2.27. The average Bonchev–Trinajstić information content (AvgIpc) is 3.04. The first kappa shape index (κ1) is 17.1. The Morgan fingerprint density at radius 1 is 1.00 bits per heavy atom. The van der Waals surface area contributed by atoms with E-state index in [4.69, 9.17) is 0 Å². The lowest BCUT2D eigenvalue weighted by molar-refractivity contribution is -0.120. The van der Waals surface area contributed by atoms with Gasteiger partial charge in [0, 0.05) is 37.1 Å². The highest BCUT2D eigenvalue weighted by Gasteiger charge is 2.32. The van der Waals surface area contributed by atoms with Crippen LogP contribution in [-0.4, -0.2) is 22.0 Å². The van der Waals surface area contributed by atoms with Crippen molar-refractivity contribution >= 4 is 11.6 Å². The zero-order valence-electron chi connectivity index (χ0n) is 14.6. The van der Waals surface area contributed by atoms with Crippen molar-refractivity contribution in [1.82, 2.24) is 9.55 Å². The fourth-order valence-electron chi connectivity index (χ4n) is 3.44. The summed E-state index contributed by atoms with van der Waals surface area (Å²) >= 11 is 0. The minimum absolute atomic E-state index is 0.000358. The van der Waals surface area contributed by atoms with Crippen LogP contribution in [0.25, 0.3) is 5.69 Å². The van der Waals surface area contributed by atoms with Crippen LogP contribution in [0.4, 0.5) is 10.1 Å². The number of hydrogen-bond acceptors (Lipinski definition) is 3. The molecule has 1 atom stereocenters. The molecule has 2 aromatic heterocycles. The first-order valence-electron chi connectivity index (χ1n) is 8.81. The van der Waals surface area contributed by atoms with E-state index in [1.165, 1.54) is 22.8 Å². The van der Waals surface area contributed by atoms with Gasteiger partial charge in [0.05, 0.1) is 11.4 Å². The minimum Gasteiger partial charge on any atom is -0.312 e. The topological polar surface area (TPSA) is 55.2 Å². The molecule has 1 fully saturated rings. The van der Waals surface area contributed by atoms with Gasteiger partial charge in [0.25, 0.3) is 5.56 Å². The number of hydrogen-bond donors (Lipinski definition) is 0. The number of carbonyl (C=O) groups excluding carboxylic acids is 1. The Labute approximate surface area is 155 Å². The molecule has 3 heterocycles. The van der Waals surface area contributed by atoms with E-state index in [0.29, 0.717) is 25.1 Å². The number of nitrogens with zero attached hydrogens (tertiary/aromatic N) is 3. The molecule has 6 heteroatoms. The molecule has 0 N–H and O–H groups in total. The van der Waals surface area contributed by atoms with Gasteiger partial charge < -0.3 is 4.90 Å².